The molecule has 5 aromatic rings. The zero-order valence-corrected chi connectivity index (χ0v) is 23.2. The molecule has 0 spiro atoms. The molecule has 1 aliphatic heterocycles. The molecular formula is C35H34N4O. The van der Waals surface area contributed by atoms with E-state index in [0.29, 0.717) is 0 Å². The standard InChI is InChI=1S/C35H34N4O/c1-4-38(5-2)28-19-17-27(18-20-28)35-34(26-12-7-6-8-13-26)32(22-21-29-14-11-23-40-29)37-39(35)33-24-25(3)30-15-9-10-16-31(30)36-33/h6-24,34-35H,4-5H2,1-3H3. The van der Waals surface area contributed by atoms with Gasteiger partial charge < -0.3 is 9.32 Å². The smallest absolute Gasteiger partial charge is 0.150 e. The van der Waals surface area contributed by atoms with E-state index in [2.05, 4.69) is 116 Å². The summed E-state index contributed by atoms with van der Waals surface area (Å²) in [5.74, 6) is 1.64. The molecule has 2 aromatic heterocycles. The van der Waals surface area contributed by atoms with Crippen LogP contribution in [0.5, 0.6) is 0 Å². The van der Waals surface area contributed by atoms with Gasteiger partial charge >= 0.3 is 0 Å². The van der Waals surface area contributed by atoms with Crippen LogP contribution < -0.4 is 9.91 Å². The fourth-order valence-electron chi connectivity index (χ4n) is 5.70. The van der Waals surface area contributed by atoms with Gasteiger partial charge in [0, 0.05) is 24.2 Å². The second-order valence-electron chi connectivity index (χ2n) is 10.1. The van der Waals surface area contributed by atoms with Gasteiger partial charge in [-0.25, -0.2) is 9.99 Å². The lowest BCUT2D eigenvalue weighted by Gasteiger charge is -2.29. The average molecular weight is 527 g/mol. The van der Waals surface area contributed by atoms with Gasteiger partial charge in [0.05, 0.1) is 29.5 Å². The first-order valence-corrected chi connectivity index (χ1v) is 14.0. The van der Waals surface area contributed by atoms with Gasteiger partial charge in [0.1, 0.15) is 11.6 Å². The quantitative estimate of drug-likeness (QED) is 0.204. The number of aromatic nitrogens is 1. The van der Waals surface area contributed by atoms with Crippen molar-refractivity contribution in [1.82, 2.24) is 4.98 Å². The highest BCUT2D eigenvalue weighted by molar-refractivity contribution is 6.06. The van der Waals surface area contributed by atoms with E-state index in [-0.39, 0.29) is 12.0 Å². The van der Waals surface area contributed by atoms with Gasteiger partial charge in [-0.1, -0.05) is 60.7 Å². The second-order valence-corrected chi connectivity index (χ2v) is 10.1. The van der Waals surface area contributed by atoms with E-state index in [1.807, 2.05) is 24.3 Å². The van der Waals surface area contributed by atoms with Gasteiger partial charge in [-0.05, 0) is 86.0 Å². The summed E-state index contributed by atoms with van der Waals surface area (Å²) < 4.78 is 5.61. The molecule has 0 radical (unpaired) electrons. The van der Waals surface area contributed by atoms with Crippen molar-refractivity contribution in [2.45, 2.75) is 32.7 Å². The summed E-state index contributed by atoms with van der Waals surface area (Å²) in [6, 6.07) is 33.9. The van der Waals surface area contributed by atoms with Crippen LogP contribution in [0, 0.1) is 6.92 Å². The van der Waals surface area contributed by atoms with Crippen molar-refractivity contribution in [3.63, 3.8) is 0 Å². The summed E-state index contributed by atoms with van der Waals surface area (Å²) in [4.78, 5) is 7.47. The van der Waals surface area contributed by atoms with Crippen molar-refractivity contribution in [2.75, 3.05) is 23.0 Å². The molecule has 0 fully saturated rings. The van der Waals surface area contributed by atoms with Crippen LogP contribution >= 0.6 is 0 Å². The van der Waals surface area contributed by atoms with Gasteiger partial charge in [0.25, 0.3) is 0 Å². The lowest BCUT2D eigenvalue weighted by Crippen LogP contribution is -2.25. The van der Waals surface area contributed by atoms with Crippen LogP contribution in [-0.4, -0.2) is 23.8 Å². The van der Waals surface area contributed by atoms with Crippen molar-refractivity contribution in [3.05, 3.63) is 132 Å². The lowest BCUT2D eigenvalue weighted by molar-refractivity contribution is 0.557. The Morgan fingerprint density at radius 3 is 2.30 bits per heavy atom. The molecule has 0 saturated heterocycles. The fourth-order valence-corrected chi connectivity index (χ4v) is 5.70. The number of allylic oxidation sites excluding steroid dienone is 1. The van der Waals surface area contributed by atoms with E-state index >= 15 is 0 Å². The summed E-state index contributed by atoms with van der Waals surface area (Å²) in [5, 5.41) is 8.54. The number of pyridine rings is 1. The van der Waals surface area contributed by atoms with Crippen LogP contribution in [0.25, 0.3) is 17.0 Å². The van der Waals surface area contributed by atoms with Crippen molar-refractivity contribution in [1.29, 1.82) is 0 Å². The van der Waals surface area contributed by atoms with Gasteiger partial charge in [0.2, 0.25) is 0 Å². The third kappa shape index (κ3) is 4.91. The number of para-hydroxylation sites is 1. The SMILES string of the molecule is CCN(CC)c1ccc(C2C(c3ccccc3)C(C=Cc3ccco3)=NN2c2cc(C)c3ccccc3n2)cc1. The molecule has 6 rings (SSSR count). The minimum absolute atomic E-state index is 0.000270. The summed E-state index contributed by atoms with van der Waals surface area (Å²) in [6.07, 6.45) is 5.78. The zero-order valence-electron chi connectivity index (χ0n) is 23.2. The monoisotopic (exact) mass is 526 g/mol. The number of aryl methyl sites for hydroxylation is 1. The predicted octanol–water partition coefficient (Wildman–Crippen LogP) is 8.40. The number of fused-ring (bicyclic) bond motifs is 1. The molecule has 0 amide bonds. The molecule has 0 bridgehead atoms. The maximum atomic E-state index is 5.61. The topological polar surface area (TPSA) is 44.9 Å². The van der Waals surface area contributed by atoms with Crippen LogP contribution in [0.4, 0.5) is 11.5 Å². The predicted molar refractivity (Wildman–Crippen MR) is 166 cm³/mol. The van der Waals surface area contributed by atoms with Crippen molar-refractivity contribution >= 4 is 34.2 Å². The summed E-state index contributed by atoms with van der Waals surface area (Å²) in [5.41, 5.74) is 6.76. The maximum absolute atomic E-state index is 5.61. The number of rotatable bonds is 8. The molecule has 5 nitrogen and oxygen atoms in total. The number of hydrogen-bond donors (Lipinski definition) is 0. The fraction of sp³-hybridized carbons (Fsp3) is 0.200. The summed E-state index contributed by atoms with van der Waals surface area (Å²) in [7, 11) is 0. The minimum Gasteiger partial charge on any atom is -0.465 e. The van der Waals surface area contributed by atoms with Crippen LogP contribution in [-0.2, 0) is 0 Å². The highest BCUT2D eigenvalue weighted by Crippen LogP contribution is 2.45. The third-order valence-corrected chi connectivity index (χ3v) is 7.75. The van der Waals surface area contributed by atoms with Crippen LogP contribution in [0.1, 0.15) is 48.3 Å². The van der Waals surface area contributed by atoms with Crippen molar-refractivity contribution < 1.29 is 4.42 Å². The Hall–Kier alpha value is -4.64. The zero-order chi connectivity index (χ0) is 27.5. The Morgan fingerprint density at radius 2 is 1.57 bits per heavy atom. The van der Waals surface area contributed by atoms with E-state index in [4.69, 9.17) is 14.5 Å². The normalized spacial score (nSPS) is 17.1. The number of furan rings is 1. The van der Waals surface area contributed by atoms with Gasteiger partial charge in [-0.2, -0.15) is 5.10 Å². The molecule has 0 aliphatic carbocycles. The number of anilines is 2. The third-order valence-electron chi connectivity index (χ3n) is 7.75. The Morgan fingerprint density at radius 1 is 0.825 bits per heavy atom. The first kappa shape index (κ1) is 25.6. The Balaban J connectivity index is 1.51. The van der Waals surface area contributed by atoms with Gasteiger partial charge in [-0.15, -0.1) is 0 Å². The van der Waals surface area contributed by atoms with Crippen LogP contribution in [0.3, 0.4) is 0 Å². The maximum Gasteiger partial charge on any atom is 0.150 e. The van der Waals surface area contributed by atoms with Crippen molar-refractivity contribution in [2.24, 2.45) is 5.10 Å². The number of hydrogen-bond acceptors (Lipinski definition) is 5. The average Bonchev–Trinajstić information content (AvgIpc) is 3.66. The molecule has 0 saturated carbocycles. The molecule has 2 unspecified atom stereocenters. The number of nitrogens with zero attached hydrogens (tertiary/aromatic N) is 4. The first-order chi connectivity index (χ1) is 19.7. The van der Waals surface area contributed by atoms with E-state index in [9.17, 15) is 0 Å². The Labute approximate surface area is 236 Å². The van der Waals surface area contributed by atoms with Gasteiger partial charge in [0.15, 0.2) is 0 Å². The van der Waals surface area contributed by atoms with E-state index in [1.165, 1.54) is 22.4 Å². The molecule has 2 atom stereocenters. The van der Waals surface area contributed by atoms with E-state index in [0.717, 1.165) is 41.3 Å². The largest absolute Gasteiger partial charge is 0.465 e. The van der Waals surface area contributed by atoms with Crippen molar-refractivity contribution in [3.8, 4) is 0 Å². The van der Waals surface area contributed by atoms with Gasteiger partial charge in [-0.3, -0.25) is 0 Å². The second kappa shape index (κ2) is 11.2. The summed E-state index contributed by atoms with van der Waals surface area (Å²) in [6.45, 7) is 8.49. The van der Waals surface area contributed by atoms with Crippen LogP contribution in [0.2, 0.25) is 0 Å². The number of hydrazone groups is 1. The van der Waals surface area contributed by atoms with E-state index in [1.54, 1.807) is 6.26 Å². The highest BCUT2D eigenvalue weighted by atomic mass is 16.3. The molecule has 0 N–H and O–H groups in total. The van der Waals surface area contributed by atoms with Crippen LogP contribution in [0.15, 0.2) is 119 Å². The molecule has 3 heterocycles. The minimum atomic E-state index is -0.0718. The number of benzene rings is 3. The molecule has 3 aromatic carbocycles. The Bertz CT molecular complexity index is 1630. The lowest BCUT2D eigenvalue weighted by atomic mass is 9.84. The summed E-state index contributed by atoms with van der Waals surface area (Å²) >= 11 is 0. The molecule has 200 valence electrons. The van der Waals surface area contributed by atoms with E-state index < -0.39 is 0 Å². The first-order valence-electron chi connectivity index (χ1n) is 14.0. The highest BCUT2D eigenvalue weighted by Gasteiger charge is 2.40. The molecule has 5 heteroatoms. The molecule has 40 heavy (non-hydrogen) atoms. The Kier molecular flexibility index (Phi) is 7.19. The molecule has 1 aliphatic rings. The molecular weight excluding hydrogens is 492 g/mol.